The van der Waals surface area contributed by atoms with Crippen LogP contribution in [0.2, 0.25) is 0 Å². The highest BCUT2D eigenvalue weighted by Gasteiger charge is 2.52. The van der Waals surface area contributed by atoms with Gasteiger partial charge in [0.2, 0.25) is 0 Å². The van der Waals surface area contributed by atoms with Crippen molar-refractivity contribution in [3.05, 3.63) is 65.2 Å². The van der Waals surface area contributed by atoms with Gasteiger partial charge in [0, 0.05) is 12.7 Å². The molecule has 0 aromatic heterocycles. The van der Waals surface area contributed by atoms with Crippen molar-refractivity contribution >= 4 is 16.7 Å². The lowest BCUT2D eigenvalue weighted by atomic mass is 9.48. The van der Waals surface area contributed by atoms with Crippen LogP contribution >= 0.6 is 0 Å². The van der Waals surface area contributed by atoms with Crippen molar-refractivity contribution in [3.8, 4) is 16.9 Å². The third kappa shape index (κ3) is 4.53. The molecule has 4 saturated carbocycles. The standard InChI is InChI=1S/C32H36O5/c1-20-27-6-3-24(14-26(27)4-7-28(20)31(33)34)25-5-8-30(37-19-36-10-9-35-2)29(15-25)32-16-21-11-22(17-32)13-23(12-21)18-32/h3-8,14-15,21-23H,9-13,16-19H2,1-2H3,(H,33,34). The zero-order valence-electron chi connectivity index (χ0n) is 21.8. The molecule has 0 saturated heterocycles. The monoisotopic (exact) mass is 500 g/mol. The van der Waals surface area contributed by atoms with Crippen LogP contribution in [0.3, 0.4) is 0 Å². The zero-order valence-corrected chi connectivity index (χ0v) is 21.8. The predicted molar refractivity (Wildman–Crippen MR) is 144 cm³/mol. The molecule has 4 fully saturated rings. The van der Waals surface area contributed by atoms with E-state index in [0.29, 0.717) is 18.8 Å². The van der Waals surface area contributed by atoms with Crippen LogP contribution in [-0.2, 0) is 14.9 Å². The number of carboxylic acids is 1. The zero-order chi connectivity index (χ0) is 25.6. The Labute approximate surface area is 218 Å². The number of carbonyl (C=O) groups is 1. The first-order valence-corrected chi connectivity index (χ1v) is 13.6. The van der Waals surface area contributed by atoms with Gasteiger partial charge in [-0.1, -0.05) is 24.3 Å². The summed E-state index contributed by atoms with van der Waals surface area (Å²) >= 11 is 0. The molecular formula is C32H36O5. The van der Waals surface area contributed by atoms with Crippen molar-refractivity contribution in [1.29, 1.82) is 0 Å². The number of benzene rings is 3. The highest BCUT2D eigenvalue weighted by atomic mass is 16.7. The number of hydrogen-bond acceptors (Lipinski definition) is 4. The molecule has 0 heterocycles. The van der Waals surface area contributed by atoms with Crippen LogP contribution in [0.1, 0.15) is 60.0 Å². The number of aryl methyl sites for hydroxylation is 1. The third-order valence-electron chi connectivity index (χ3n) is 9.17. The van der Waals surface area contributed by atoms with E-state index in [1.807, 2.05) is 13.0 Å². The minimum atomic E-state index is -0.884. The lowest BCUT2D eigenvalue weighted by Gasteiger charge is -2.57. The molecule has 0 aliphatic heterocycles. The first-order chi connectivity index (χ1) is 18.0. The van der Waals surface area contributed by atoms with Gasteiger partial charge in [-0.3, -0.25) is 0 Å². The highest BCUT2D eigenvalue weighted by Crippen LogP contribution is 2.62. The largest absolute Gasteiger partial charge is 0.478 e. The molecule has 4 aliphatic rings. The molecule has 0 radical (unpaired) electrons. The first kappa shape index (κ1) is 24.4. The molecule has 0 spiro atoms. The quantitative estimate of drug-likeness (QED) is 0.254. The minimum absolute atomic E-state index is 0.191. The Kier molecular flexibility index (Phi) is 6.46. The van der Waals surface area contributed by atoms with Gasteiger partial charge in [-0.15, -0.1) is 0 Å². The summed E-state index contributed by atoms with van der Waals surface area (Å²) in [6, 6.07) is 16.6. The summed E-state index contributed by atoms with van der Waals surface area (Å²) in [6.07, 6.45) is 7.99. The molecule has 1 N–H and O–H groups in total. The van der Waals surface area contributed by atoms with E-state index in [-0.39, 0.29) is 12.2 Å². The Bertz CT molecular complexity index is 1290. The number of methoxy groups -OCH3 is 1. The Morgan fingerprint density at radius 3 is 2.27 bits per heavy atom. The van der Waals surface area contributed by atoms with E-state index in [1.54, 1.807) is 13.2 Å². The van der Waals surface area contributed by atoms with E-state index in [9.17, 15) is 9.90 Å². The van der Waals surface area contributed by atoms with Crippen molar-refractivity contribution in [3.63, 3.8) is 0 Å². The molecule has 4 aliphatic carbocycles. The van der Waals surface area contributed by atoms with Crippen LogP contribution in [0.4, 0.5) is 0 Å². The van der Waals surface area contributed by atoms with Gasteiger partial charge in [0.25, 0.3) is 0 Å². The van der Waals surface area contributed by atoms with Crippen molar-refractivity contribution in [2.45, 2.75) is 50.9 Å². The minimum Gasteiger partial charge on any atom is -0.478 e. The van der Waals surface area contributed by atoms with Gasteiger partial charge in [-0.25, -0.2) is 4.79 Å². The number of hydrogen-bond donors (Lipinski definition) is 1. The van der Waals surface area contributed by atoms with Crippen LogP contribution in [0.5, 0.6) is 5.75 Å². The fourth-order valence-corrected chi connectivity index (χ4v) is 7.89. The van der Waals surface area contributed by atoms with E-state index >= 15 is 0 Å². The lowest BCUT2D eigenvalue weighted by Crippen LogP contribution is -2.48. The smallest absolute Gasteiger partial charge is 0.335 e. The summed E-state index contributed by atoms with van der Waals surface area (Å²) in [5.41, 5.74) is 5.03. The number of ether oxygens (including phenoxy) is 3. The first-order valence-electron chi connectivity index (χ1n) is 13.6. The van der Waals surface area contributed by atoms with Crippen LogP contribution in [-0.4, -0.2) is 38.2 Å². The summed E-state index contributed by atoms with van der Waals surface area (Å²) in [7, 11) is 1.67. The van der Waals surface area contributed by atoms with Gasteiger partial charge in [0.1, 0.15) is 5.75 Å². The molecule has 0 amide bonds. The Morgan fingerprint density at radius 1 is 0.919 bits per heavy atom. The molecule has 3 aromatic carbocycles. The average Bonchev–Trinajstić information content (AvgIpc) is 2.87. The summed E-state index contributed by atoms with van der Waals surface area (Å²) < 4.78 is 17.0. The Morgan fingerprint density at radius 2 is 1.59 bits per heavy atom. The molecule has 0 atom stereocenters. The van der Waals surface area contributed by atoms with Gasteiger partial charge in [0.05, 0.1) is 18.8 Å². The van der Waals surface area contributed by atoms with Crippen LogP contribution in [0, 0.1) is 24.7 Å². The molecule has 37 heavy (non-hydrogen) atoms. The Balaban J connectivity index is 1.37. The second kappa shape index (κ2) is 9.77. The van der Waals surface area contributed by atoms with Crippen molar-refractivity contribution in [2.75, 3.05) is 27.1 Å². The fraction of sp³-hybridized carbons (Fsp3) is 0.469. The Hall–Kier alpha value is -2.89. The second-order valence-electron chi connectivity index (χ2n) is 11.6. The van der Waals surface area contributed by atoms with E-state index in [0.717, 1.165) is 45.4 Å². The highest BCUT2D eigenvalue weighted by molar-refractivity contribution is 5.99. The number of carboxylic acid groups (broad SMARTS) is 1. The molecule has 5 nitrogen and oxygen atoms in total. The van der Waals surface area contributed by atoms with E-state index in [1.165, 1.54) is 49.7 Å². The summed E-state index contributed by atoms with van der Waals surface area (Å²) in [4.78, 5) is 11.6. The van der Waals surface area contributed by atoms with Crippen LogP contribution in [0.15, 0.2) is 48.5 Å². The van der Waals surface area contributed by atoms with Gasteiger partial charge < -0.3 is 19.3 Å². The van der Waals surface area contributed by atoms with Gasteiger partial charge in [-0.05, 0) is 120 Å². The molecular weight excluding hydrogens is 464 g/mol. The maximum atomic E-state index is 11.6. The van der Waals surface area contributed by atoms with E-state index in [4.69, 9.17) is 14.2 Å². The number of aromatic carboxylic acids is 1. The summed E-state index contributed by atoms with van der Waals surface area (Å²) in [6.45, 7) is 3.18. The van der Waals surface area contributed by atoms with Gasteiger partial charge in [-0.2, -0.15) is 0 Å². The van der Waals surface area contributed by atoms with Crippen molar-refractivity contribution < 1.29 is 24.1 Å². The maximum Gasteiger partial charge on any atom is 0.335 e. The SMILES string of the molecule is COCCOCOc1ccc(-c2ccc3c(C)c(C(=O)O)ccc3c2)cc1C12CC3CC(CC(C3)C1)C2. The molecule has 3 aromatic rings. The molecule has 194 valence electrons. The van der Waals surface area contributed by atoms with Crippen LogP contribution in [0.25, 0.3) is 21.9 Å². The predicted octanol–water partition coefficient (Wildman–Crippen LogP) is 6.98. The maximum absolute atomic E-state index is 11.6. The molecule has 0 unspecified atom stereocenters. The van der Waals surface area contributed by atoms with Crippen molar-refractivity contribution in [1.82, 2.24) is 0 Å². The summed E-state index contributed by atoms with van der Waals surface area (Å²) in [5, 5.41) is 11.6. The normalized spacial score (nSPS) is 26.1. The van der Waals surface area contributed by atoms with Crippen LogP contribution < -0.4 is 4.74 Å². The second-order valence-corrected chi connectivity index (χ2v) is 11.6. The summed E-state index contributed by atoms with van der Waals surface area (Å²) in [5.74, 6) is 2.59. The number of fused-ring (bicyclic) bond motifs is 1. The number of rotatable bonds is 9. The topological polar surface area (TPSA) is 65.0 Å². The van der Waals surface area contributed by atoms with Gasteiger partial charge >= 0.3 is 5.97 Å². The molecule has 7 rings (SSSR count). The van der Waals surface area contributed by atoms with Crippen molar-refractivity contribution in [2.24, 2.45) is 17.8 Å². The van der Waals surface area contributed by atoms with E-state index < -0.39 is 5.97 Å². The van der Waals surface area contributed by atoms with E-state index in [2.05, 4.69) is 36.4 Å². The molecule has 4 bridgehead atoms. The van der Waals surface area contributed by atoms with Gasteiger partial charge in [0.15, 0.2) is 6.79 Å². The lowest BCUT2D eigenvalue weighted by molar-refractivity contribution is -0.0189. The average molecular weight is 501 g/mol. The third-order valence-corrected chi connectivity index (χ3v) is 9.17. The molecule has 5 heteroatoms. The fourth-order valence-electron chi connectivity index (χ4n) is 7.89.